The molecule has 0 aliphatic heterocycles. The van der Waals surface area contributed by atoms with Crippen molar-refractivity contribution in [1.29, 1.82) is 0 Å². The van der Waals surface area contributed by atoms with Gasteiger partial charge in [-0.2, -0.15) is 4.37 Å². The zero-order valence-corrected chi connectivity index (χ0v) is 15.8. The Morgan fingerprint density at radius 3 is 2.46 bits per heavy atom. The molecule has 3 aromatic carbocycles. The lowest BCUT2D eigenvalue weighted by Gasteiger charge is -2.08. The number of nitrogens with zero attached hydrogens (tertiary/aromatic N) is 1. The minimum atomic E-state index is 0.529. The molecule has 0 N–H and O–H groups in total. The van der Waals surface area contributed by atoms with E-state index in [1.165, 1.54) is 22.3 Å². The van der Waals surface area contributed by atoms with E-state index in [1.54, 1.807) is 0 Å². The summed E-state index contributed by atoms with van der Waals surface area (Å²) in [7, 11) is 0. The van der Waals surface area contributed by atoms with Crippen LogP contribution in [0.4, 0.5) is 0 Å². The Balaban J connectivity index is 1.68. The summed E-state index contributed by atoms with van der Waals surface area (Å²) in [6.45, 7) is 0.529. The molecule has 4 heteroatoms. The number of ether oxygens (including phenoxy) is 1. The minimum absolute atomic E-state index is 0.529. The van der Waals surface area contributed by atoms with Gasteiger partial charge in [0.2, 0.25) is 5.88 Å². The molecule has 4 rings (SSSR count). The number of benzene rings is 3. The Hall–Kier alpha value is -1.92. The molecule has 0 saturated carbocycles. The summed E-state index contributed by atoms with van der Waals surface area (Å²) in [6, 6.07) is 25.1. The van der Waals surface area contributed by atoms with Crippen LogP contribution in [0.3, 0.4) is 0 Å². The molecular formula is C20H14INOS. The summed E-state index contributed by atoms with van der Waals surface area (Å²) >= 11 is 3.82. The van der Waals surface area contributed by atoms with Gasteiger partial charge in [-0.05, 0) is 62.1 Å². The molecule has 118 valence electrons. The quantitative estimate of drug-likeness (QED) is 0.353. The van der Waals surface area contributed by atoms with Crippen LogP contribution in [0.1, 0.15) is 5.56 Å². The van der Waals surface area contributed by atoms with Gasteiger partial charge in [0.25, 0.3) is 0 Å². The molecule has 0 aliphatic rings. The lowest BCUT2D eigenvalue weighted by molar-refractivity contribution is 0.298. The summed E-state index contributed by atoms with van der Waals surface area (Å²) in [5, 5.41) is 2.47. The van der Waals surface area contributed by atoms with Gasteiger partial charge in [-0.3, -0.25) is 0 Å². The highest BCUT2D eigenvalue weighted by Crippen LogP contribution is 2.38. The van der Waals surface area contributed by atoms with Crippen LogP contribution in [0.25, 0.3) is 21.9 Å². The highest BCUT2D eigenvalue weighted by atomic mass is 127. The standard InChI is InChI=1S/C20H14INOS/c21-19-18(17-11-10-15-8-4-5-9-16(15)12-17)20(22-24-19)23-13-14-6-2-1-3-7-14/h1-12H,13H2. The van der Waals surface area contributed by atoms with E-state index >= 15 is 0 Å². The molecule has 0 aliphatic carbocycles. The van der Waals surface area contributed by atoms with Crippen molar-refractivity contribution in [3.63, 3.8) is 0 Å². The molecule has 24 heavy (non-hydrogen) atoms. The lowest BCUT2D eigenvalue weighted by atomic mass is 10.0. The van der Waals surface area contributed by atoms with E-state index in [4.69, 9.17) is 4.74 Å². The zero-order valence-electron chi connectivity index (χ0n) is 12.8. The molecule has 0 fully saturated rings. The first-order valence-electron chi connectivity index (χ1n) is 7.62. The average Bonchev–Trinajstić information content (AvgIpc) is 3.01. The third kappa shape index (κ3) is 3.16. The summed E-state index contributed by atoms with van der Waals surface area (Å²) in [5.41, 5.74) is 3.38. The van der Waals surface area contributed by atoms with Crippen molar-refractivity contribution in [2.75, 3.05) is 0 Å². The highest BCUT2D eigenvalue weighted by Gasteiger charge is 2.16. The number of rotatable bonds is 4. The summed E-state index contributed by atoms with van der Waals surface area (Å²) in [5.74, 6) is 0.712. The monoisotopic (exact) mass is 443 g/mol. The Kier molecular flexibility index (Phi) is 4.49. The van der Waals surface area contributed by atoms with Gasteiger partial charge in [0.05, 0.1) is 8.45 Å². The summed E-state index contributed by atoms with van der Waals surface area (Å²) in [4.78, 5) is 0. The smallest absolute Gasteiger partial charge is 0.234 e. The van der Waals surface area contributed by atoms with Gasteiger partial charge in [0.15, 0.2) is 0 Å². The SMILES string of the molecule is Ic1snc(OCc2ccccc2)c1-c1ccc2ccccc2c1. The topological polar surface area (TPSA) is 22.1 Å². The van der Waals surface area contributed by atoms with E-state index < -0.39 is 0 Å². The molecule has 0 radical (unpaired) electrons. The van der Waals surface area contributed by atoms with Gasteiger partial charge in [0.1, 0.15) is 6.61 Å². The zero-order chi connectivity index (χ0) is 16.4. The maximum atomic E-state index is 6.01. The molecule has 4 aromatic rings. The fourth-order valence-electron chi connectivity index (χ4n) is 2.66. The van der Waals surface area contributed by atoms with Crippen molar-refractivity contribution < 1.29 is 4.74 Å². The second-order valence-electron chi connectivity index (χ2n) is 5.47. The lowest BCUT2D eigenvalue weighted by Crippen LogP contribution is -1.96. The van der Waals surface area contributed by atoms with E-state index in [1.807, 2.05) is 18.2 Å². The third-order valence-electron chi connectivity index (χ3n) is 3.88. The Bertz CT molecular complexity index is 981. The van der Waals surface area contributed by atoms with Crippen LogP contribution < -0.4 is 4.74 Å². The largest absolute Gasteiger partial charge is 0.472 e. The van der Waals surface area contributed by atoms with Crippen molar-refractivity contribution in [3.8, 4) is 17.0 Å². The van der Waals surface area contributed by atoms with E-state index in [9.17, 15) is 0 Å². The van der Waals surface area contributed by atoms with Crippen LogP contribution in [0.15, 0.2) is 72.8 Å². The summed E-state index contributed by atoms with van der Waals surface area (Å²) in [6.07, 6.45) is 0. The number of aromatic nitrogens is 1. The van der Waals surface area contributed by atoms with Crippen LogP contribution in [-0.2, 0) is 6.61 Å². The van der Waals surface area contributed by atoms with E-state index in [-0.39, 0.29) is 0 Å². The fraction of sp³-hybridized carbons (Fsp3) is 0.0500. The molecule has 0 spiro atoms. The highest BCUT2D eigenvalue weighted by molar-refractivity contribution is 14.1. The van der Waals surface area contributed by atoms with E-state index in [0.29, 0.717) is 12.5 Å². The second-order valence-corrected chi connectivity index (χ2v) is 8.06. The van der Waals surface area contributed by atoms with Crippen molar-refractivity contribution in [3.05, 3.63) is 81.2 Å². The average molecular weight is 443 g/mol. The number of hydrogen-bond donors (Lipinski definition) is 0. The molecule has 1 aromatic heterocycles. The van der Waals surface area contributed by atoms with Gasteiger partial charge >= 0.3 is 0 Å². The molecule has 0 bridgehead atoms. The van der Waals surface area contributed by atoms with Crippen molar-refractivity contribution in [1.82, 2.24) is 4.37 Å². The summed E-state index contributed by atoms with van der Waals surface area (Å²) < 4.78 is 11.6. The molecule has 1 heterocycles. The van der Waals surface area contributed by atoms with Crippen LogP contribution in [0, 0.1) is 2.88 Å². The molecule has 0 unspecified atom stereocenters. The van der Waals surface area contributed by atoms with Gasteiger partial charge in [-0.15, -0.1) is 0 Å². The predicted molar refractivity (Wildman–Crippen MR) is 109 cm³/mol. The van der Waals surface area contributed by atoms with Crippen LogP contribution in [0.5, 0.6) is 5.88 Å². The molecular weight excluding hydrogens is 429 g/mol. The Morgan fingerprint density at radius 1 is 0.875 bits per heavy atom. The van der Waals surface area contributed by atoms with Crippen molar-refractivity contribution in [2.45, 2.75) is 6.61 Å². The van der Waals surface area contributed by atoms with Crippen molar-refractivity contribution >= 4 is 44.9 Å². The normalized spacial score (nSPS) is 10.9. The van der Waals surface area contributed by atoms with Crippen LogP contribution in [0.2, 0.25) is 0 Å². The second kappa shape index (κ2) is 6.91. The molecule has 0 atom stereocenters. The van der Waals surface area contributed by atoms with E-state index in [0.717, 1.165) is 19.6 Å². The first kappa shape index (κ1) is 15.6. The maximum absolute atomic E-state index is 6.01. The molecule has 0 saturated heterocycles. The minimum Gasteiger partial charge on any atom is -0.472 e. The van der Waals surface area contributed by atoms with Gasteiger partial charge < -0.3 is 4.74 Å². The van der Waals surface area contributed by atoms with Gasteiger partial charge in [-0.1, -0.05) is 66.7 Å². The number of fused-ring (bicyclic) bond motifs is 1. The fourth-order valence-corrected chi connectivity index (χ4v) is 4.10. The molecule has 0 amide bonds. The first-order valence-corrected chi connectivity index (χ1v) is 9.47. The molecule has 2 nitrogen and oxygen atoms in total. The van der Waals surface area contributed by atoms with Crippen LogP contribution >= 0.6 is 34.1 Å². The number of hydrogen-bond acceptors (Lipinski definition) is 3. The predicted octanol–water partition coefficient (Wildman–Crippen LogP) is 6.15. The van der Waals surface area contributed by atoms with Crippen LogP contribution in [-0.4, -0.2) is 4.37 Å². The van der Waals surface area contributed by atoms with Crippen molar-refractivity contribution in [2.24, 2.45) is 0 Å². The first-order chi connectivity index (χ1) is 11.8. The Labute approximate surface area is 158 Å². The third-order valence-corrected chi connectivity index (χ3v) is 5.63. The van der Waals surface area contributed by atoms with Gasteiger partial charge in [0, 0.05) is 0 Å². The van der Waals surface area contributed by atoms with Gasteiger partial charge in [-0.25, -0.2) is 0 Å². The maximum Gasteiger partial charge on any atom is 0.234 e. The van der Waals surface area contributed by atoms with E-state index in [2.05, 4.69) is 81.6 Å². The Morgan fingerprint density at radius 2 is 1.62 bits per heavy atom. The number of halogens is 1.